The molecule has 1 unspecified atom stereocenters. The topological polar surface area (TPSA) is 45.7 Å². The van der Waals surface area contributed by atoms with E-state index >= 15 is 0 Å². The van der Waals surface area contributed by atoms with Crippen molar-refractivity contribution >= 4 is 5.91 Å². The zero-order chi connectivity index (χ0) is 18.9. The van der Waals surface area contributed by atoms with E-state index in [1.807, 2.05) is 6.07 Å². The summed E-state index contributed by atoms with van der Waals surface area (Å²) in [7, 11) is 0. The van der Waals surface area contributed by atoms with Crippen molar-refractivity contribution in [2.45, 2.75) is 88.8 Å². The van der Waals surface area contributed by atoms with E-state index in [9.17, 15) is 4.79 Å². The minimum absolute atomic E-state index is 0.231. The first-order chi connectivity index (χ1) is 13.8. The summed E-state index contributed by atoms with van der Waals surface area (Å²) >= 11 is 0. The van der Waals surface area contributed by atoms with Gasteiger partial charge in [0.05, 0.1) is 11.7 Å². The fraction of sp³-hybridized carbons (Fsp3) is 0.739. The lowest BCUT2D eigenvalue weighted by Gasteiger charge is -2.37. The molecule has 1 aliphatic carbocycles. The molecule has 4 heterocycles. The number of nitrogens with zero attached hydrogens (tertiary/aromatic N) is 3. The van der Waals surface area contributed by atoms with Gasteiger partial charge in [-0.05, 0) is 50.2 Å². The van der Waals surface area contributed by atoms with Gasteiger partial charge in [0.1, 0.15) is 6.10 Å². The van der Waals surface area contributed by atoms with Crippen LogP contribution in [0.3, 0.4) is 0 Å². The molecule has 1 saturated carbocycles. The normalized spacial score (nSPS) is 27.4. The molecule has 0 spiro atoms. The first kappa shape index (κ1) is 18.4. The van der Waals surface area contributed by atoms with E-state index in [4.69, 9.17) is 9.72 Å². The quantitative estimate of drug-likeness (QED) is 0.795. The van der Waals surface area contributed by atoms with Gasteiger partial charge in [-0.3, -0.25) is 4.79 Å². The standard InChI is InChI=1S/C23H33N3O2/c27-23-8-4-3-7-21-19-9-10-22(24-20(19)13-16-26(21)23)28-18-11-14-25(15-12-18)17-5-1-2-6-17/h9-10,17-18,21H,1-8,11-16H2. The van der Waals surface area contributed by atoms with E-state index in [0.717, 1.165) is 62.7 Å². The highest BCUT2D eigenvalue weighted by Gasteiger charge is 2.33. The van der Waals surface area contributed by atoms with Gasteiger partial charge < -0.3 is 14.5 Å². The van der Waals surface area contributed by atoms with Gasteiger partial charge in [-0.25, -0.2) is 4.98 Å². The molecular formula is C23H33N3O2. The number of piperidine rings is 1. The van der Waals surface area contributed by atoms with Gasteiger partial charge in [-0.1, -0.05) is 19.3 Å². The van der Waals surface area contributed by atoms with Crippen LogP contribution in [-0.2, 0) is 11.2 Å². The number of likely N-dealkylation sites (tertiary alicyclic amines) is 1. The second-order valence-electron chi connectivity index (χ2n) is 9.08. The van der Waals surface area contributed by atoms with E-state index in [1.165, 1.54) is 44.3 Å². The average Bonchev–Trinajstić information content (AvgIpc) is 3.19. The smallest absolute Gasteiger partial charge is 0.223 e. The van der Waals surface area contributed by atoms with Crippen molar-refractivity contribution in [2.24, 2.45) is 0 Å². The first-order valence-corrected chi connectivity index (χ1v) is 11.5. The number of pyridine rings is 1. The van der Waals surface area contributed by atoms with Crippen molar-refractivity contribution in [1.82, 2.24) is 14.8 Å². The summed E-state index contributed by atoms with van der Waals surface area (Å²) in [5.74, 6) is 1.11. The molecule has 4 aliphatic rings. The summed E-state index contributed by atoms with van der Waals surface area (Å²) in [6, 6.07) is 5.28. The zero-order valence-corrected chi connectivity index (χ0v) is 16.9. The fourth-order valence-corrected chi connectivity index (χ4v) is 5.78. The fourth-order valence-electron chi connectivity index (χ4n) is 5.78. The summed E-state index contributed by atoms with van der Waals surface area (Å²) in [6.07, 6.45) is 12.9. The van der Waals surface area contributed by atoms with Gasteiger partial charge in [-0.15, -0.1) is 0 Å². The number of aromatic nitrogens is 1. The third-order valence-corrected chi connectivity index (χ3v) is 7.35. The van der Waals surface area contributed by atoms with Gasteiger partial charge >= 0.3 is 0 Å². The molecule has 28 heavy (non-hydrogen) atoms. The number of ether oxygens (including phenoxy) is 1. The summed E-state index contributed by atoms with van der Waals surface area (Å²) in [5.41, 5.74) is 2.40. The lowest BCUT2D eigenvalue weighted by molar-refractivity contribution is -0.133. The molecule has 1 aromatic heterocycles. The Bertz CT molecular complexity index is 708. The lowest BCUT2D eigenvalue weighted by atomic mass is 9.94. The van der Waals surface area contributed by atoms with Crippen LogP contribution in [0.4, 0.5) is 0 Å². The molecule has 5 rings (SSSR count). The van der Waals surface area contributed by atoms with Crippen molar-refractivity contribution in [1.29, 1.82) is 0 Å². The van der Waals surface area contributed by atoms with Gasteiger partial charge in [-0.2, -0.15) is 0 Å². The second-order valence-corrected chi connectivity index (χ2v) is 9.08. The third-order valence-electron chi connectivity index (χ3n) is 7.35. The van der Waals surface area contributed by atoms with E-state index < -0.39 is 0 Å². The summed E-state index contributed by atoms with van der Waals surface area (Å²) in [6.45, 7) is 3.14. The molecule has 1 atom stereocenters. The van der Waals surface area contributed by atoms with Gasteiger partial charge in [0.15, 0.2) is 0 Å². The maximum Gasteiger partial charge on any atom is 0.223 e. The van der Waals surface area contributed by atoms with Crippen molar-refractivity contribution < 1.29 is 9.53 Å². The Balaban J connectivity index is 1.23. The number of carbonyl (C=O) groups excluding carboxylic acids is 1. The molecule has 5 nitrogen and oxygen atoms in total. The summed E-state index contributed by atoms with van der Waals surface area (Å²) in [4.78, 5) is 22.0. The molecule has 3 aliphatic heterocycles. The molecule has 0 aromatic carbocycles. The van der Waals surface area contributed by atoms with Crippen molar-refractivity contribution in [2.75, 3.05) is 19.6 Å². The van der Waals surface area contributed by atoms with Crippen LogP contribution in [0.1, 0.15) is 81.5 Å². The molecule has 2 saturated heterocycles. The minimum Gasteiger partial charge on any atom is -0.474 e. The number of carbonyl (C=O) groups is 1. The lowest BCUT2D eigenvalue weighted by Crippen LogP contribution is -2.43. The molecule has 1 aromatic rings. The van der Waals surface area contributed by atoms with Crippen LogP contribution in [0.2, 0.25) is 0 Å². The van der Waals surface area contributed by atoms with Crippen LogP contribution < -0.4 is 4.74 Å². The Labute approximate surface area is 168 Å². The molecule has 0 radical (unpaired) electrons. The largest absolute Gasteiger partial charge is 0.474 e. The second kappa shape index (κ2) is 8.02. The van der Waals surface area contributed by atoms with Crippen LogP contribution in [0, 0.1) is 0 Å². The maximum atomic E-state index is 12.4. The molecule has 0 bridgehead atoms. The van der Waals surface area contributed by atoms with Gasteiger partial charge in [0.2, 0.25) is 11.8 Å². The number of rotatable bonds is 3. The molecule has 152 valence electrons. The van der Waals surface area contributed by atoms with Crippen LogP contribution in [0.5, 0.6) is 5.88 Å². The highest BCUT2D eigenvalue weighted by atomic mass is 16.5. The van der Waals surface area contributed by atoms with Crippen molar-refractivity contribution in [3.05, 3.63) is 23.4 Å². The molecule has 3 fully saturated rings. The SMILES string of the molecule is O=C1CCCCC2c3ccc(OC4CCN(C5CCCC5)CC4)nc3CCN12. The number of hydrogen-bond donors (Lipinski definition) is 0. The average molecular weight is 384 g/mol. The van der Waals surface area contributed by atoms with E-state index in [1.54, 1.807) is 0 Å². The Kier molecular flexibility index (Phi) is 5.27. The molecule has 1 amide bonds. The Morgan fingerprint density at radius 2 is 1.68 bits per heavy atom. The summed E-state index contributed by atoms with van der Waals surface area (Å²) < 4.78 is 6.30. The Morgan fingerprint density at radius 1 is 0.893 bits per heavy atom. The zero-order valence-electron chi connectivity index (χ0n) is 16.9. The number of hydrogen-bond acceptors (Lipinski definition) is 4. The highest BCUT2D eigenvalue weighted by molar-refractivity contribution is 5.77. The van der Waals surface area contributed by atoms with Gasteiger partial charge in [0, 0.05) is 44.6 Å². The third kappa shape index (κ3) is 3.66. The number of fused-ring (bicyclic) bond motifs is 3. The summed E-state index contributed by atoms with van der Waals surface area (Å²) in [5, 5.41) is 0. The monoisotopic (exact) mass is 383 g/mol. The van der Waals surface area contributed by atoms with Crippen molar-refractivity contribution in [3.8, 4) is 5.88 Å². The maximum absolute atomic E-state index is 12.4. The minimum atomic E-state index is 0.231. The first-order valence-electron chi connectivity index (χ1n) is 11.5. The highest BCUT2D eigenvalue weighted by Crippen LogP contribution is 2.36. The van der Waals surface area contributed by atoms with E-state index in [0.29, 0.717) is 18.4 Å². The van der Waals surface area contributed by atoms with E-state index in [2.05, 4.69) is 15.9 Å². The molecular weight excluding hydrogens is 350 g/mol. The predicted molar refractivity (Wildman–Crippen MR) is 108 cm³/mol. The van der Waals surface area contributed by atoms with Crippen LogP contribution in [0.25, 0.3) is 0 Å². The molecule has 5 heteroatoms. The molecule has 0 N–H and O–H groups in total. The van der Waals surface area contributed by atoms with Crippen LogP contribution in [0.15, 0.2) is 12.1 Å². The Hall–Kier alpha value is -1.62. The number of amides is 1. The van der Waals surface area contributed by atoms with Crippen LogP contribution >= 0.6 is 0 Å². The Morgan fingerprint density at radius 3 is 2.50 bits per heavy atom. The van der Waals surface area contributed by atoms with Gasteiger partial charge in [0.25, 0.3) is 0 Å². The van der Waals surface area contributed by atoms with E-state index in [-0.39, 0.29) is 6.04 Å². The predicted octanol–water partition coefficient (Wildman–Crippen LogP) is 3.87. The van der Waals surface area contributed by atoms with Crippen LogP contribution in [-0.4, -0.2) is 52.5 Å². The van der Waals surface area contributed by atoms with Crippen molar-refractivity contribution in [3.63, 3.8) is 0 Å².